The van der Waals surface area contributed by atoms with E-state index in [1.54, 1.807) is 11.3 Å². The van der Waals surface area contributed by atoms with Crippen LogP contribution in [0.3, 0.4) is 0 Å². The summed E-state index contributed by atoms with van der Waals surface area (Å²) >= 11 is 3.55. The SMILES string of the molecule is Cc1nc(-c2cc3c(s2)CCN(CC(=O)NC(C)C(C)C)C3)cs1. The summed E-state index contributed by atoms with van der Waals surface area (Å²) in [6.07, 6.45) is 1.02. The maximum Gasteiger partial charge on any atom is 0.234 e. The number of hydrogen-bond acceptors (Lipinski definition) is 5. The molecule has 1 aliphatic rings. The van der Waals surface area contributed by atoms with Crippen molar-refractivity contribution in [1.82, 2.24) is 15.2 Å². The fourth-order valence-electron chi connectivity index (χ4n) is 2.80. The second-order valence-corrected chi connectivity index (χ2v) is 9.07. The molecule has 0 fully saturated rings. The molecule has 6 heteroatoms. The van der Waals surface area contributed by atoms with Gasteiger partial charge in [-0.1, -0.05) is 13.8 Å². The zero-order chi connectivity index (χ0) is 17.3. The molecule has 130 valence electrons. The average molecular weight is 364 g/mol. The summed E-state index contributed by atoms with van der Waals surface area (Å²) in [7, 11) is 0. The maximum absolute atomic E-state index is 12.2. The van der Waals surface area contributed by atoms with Gasteiger partial charge < -0.3 is 5.32 Å². The van der Waals surface area contributed by atoms with E-state index in [2.05, 4.69) is 47.4 Å². The molecule has 0 aliphatic carbocycles. The molecule has 1 aliphatic heterocycles. The van der Waals surface area contributed by atoms with Crippen LogP contribution in [0.25, 0.3) is 10.6 Å². The van der Waals surface area contributed by atoms with Gasteiger partial charge in [0.05, 0.1) is 22.1 Å². The minimum Gasteiger partial charge on any atom is -0.352 e. The summed E-state index contributed by atoms with van der Waals surface area (Å²) in [6, 6.07) is 2.48. The Balaban J connectivity index is 1.62. The first kappa shape index (κ1) is 17.6. The lowest BCUT2D eigenvalue weighted by Gasteiger charge is -2.27. The molecule has 1 atom stereocenters. The molecule has 0 saturated carbocycles. The monoisotopic (exact) mass is 363 g/mol. The molecule has 0 saturated heterocycles. The van der Waals surface area contributed by atoms with Crippen LogP contribution in [0.1, 0.15) is 36.2 Å². The summed E-state index contributed by atoms with van der Waals surface area (Å²) in [4.78, 5) is 21.7. The lowest BCUT2D eigenvalue weighted by Crippen LogP contribution is -2.44. The van der Waals surface area contributed by atoms with Crippen molar-refractivity contribution in [2.75, 3.05) is 13.1 Å². The van der Waals surface area contributed by atoms with Gasteiger partial charge in [0.1, 0.15) is 0 Å². The molecule has 3 rings (SSSR count). The first-order valence-electron chi connectivity index (χ1n) is 8.48. The quantitative estimate of drug-likeness (QED) is 0.881. The molecule has 1 unspecified atom stereocenters. The third-order valence-electron chi connectivity index (χ3n) is 4.57. The molecule has 0 bridgehead atoms. The van der Waals surface area contributed by atoms with E-state index in [1.807, 2.05) is 18.3 Å². The van der Waals surface area contributed by atoms with E-state index in [4.69, 9.17) is 0 Å². The third-order valence-corrected chi connectivity index (χ3v) is 6.61. The Kier molecular flexibility index (Phi) is 5.37. The predicted molar refractivity (Wildman–Crippen MR) is 102 cm³/mol. The van der Waals surface area contributed by atoms with E-state index >= 15 is 0 Å². The third kappa shape index (κ3) is 4.05. The van der Waals surface area contributed by atoms with Gasteiger partial charge in [0, 0.05) is 29.4 Å². The van der Waals surface area contributed by atoms with Gasteiger partial charge in [-0.15, -0.1) is 22.7 Å². The fraction of sp³-hybridized carbons (Fsp3) is 0.556. The standard InChI is InChI=1S/C18H25N3OS2/c1-11(2)12(3)19-18(22)9-21-6-5-16-14(8-21)7-17(24-16)15-10-23-13(4)20-15/h7,10-12H,5-6,8-9H2,1-4H3,(H,19,22). The normalized spacial score (nSPS) is 16.2. The lowest BCUT2D eigenvalue weighted by atomic mass is 10.1. The smallest absolute Gasteiger partial charge is 0.234 e. The zero-order valence-electron chi connectivity index (χ0n) is 14.8. The van der Waals surface area contributed by atoms with Crippen molar-refractivity contribution in [3.05, 3.63) is 26.9 Å². The highest BCUT2D eigenvalue weighted by Gasteiger charge is 2.22. The van der Waals surface area contributed by atoms with Crippen LogP contribution in [0.2, 0.25) is 0 Å². The van der Waals surface area contributed by atoms with Crippen LogP contribution in [-0.4, -0.2) is 34.9 Å². The lowest BCUT2D eigenvalue weighted by molar-refractivity contribution is -0.123. The van der Waals surface area contributed by atoms with Gasteiger partial charge in [-0.05, 0) is 37.8 Å². The number of fused-ring (bicyclic) bond motifs is 1. The van der Waals surface area contributed by atoms with Gasteiger partial charge in [-0.2, -0.15) is 0 Å². The summed E-state index contributed by atoms with van der Waals surface area (Å²) in [5, 5.41) is 6.33. The number of thiazole rings is 1. The Morgan fingerprint density at radius 3 is 2.88 bits per heavy atom. The van der Waals surface area contributed by atoms with Crippen LogP contribution in [0.4, 0.5) is 0 Å². The number of hydrogen-bond donors (Lipinski definition) is 1. The number of aromatic nitrogens is 1. The number of nitrogens with one attached hydrogen (secondary N) is 1. The van der Waals surface area contributed by atoms with E-state index in [9.17, 15) is 4.79 Å². The highest BCUT2D eigenvalue weighted by Crippen LogP contribution is 2.35. The van der Waals surface area contributed by atoms with Crippen molar-refractivity contribution in [2.45, 2.75) is 46.7 Å². The van der Waals surface area contributed by atoms with Crippen molar-refractivity contribution in [3.63, 3.8) is 0 Å². The summed E-state index contributed by atoms with van der Waals surface area (Å²) in [5.41, 5.74) is 2.45. The van der Waals surface area contributed by atoms with Crippen LogP contribution in [0.5, 0.6) is 0 Å². The number of rotatable bonds is 5. The van der Waals surface area contributed by atoms with E-state index < -0.39 is 0 Å². The molecule has 24 heavy (non-hydrogen) atoms. The van der Waals surface area contributed by atoms with Crippen LogP contribution >= 0.6 is 22.7 Å². The molecule has 1 N–H and O–H groups in total. The number of carbonyl (C=O) groups excluding carboxylic acids is 1. The van der Waals surface area contributed by atoms with Crippen LogP contribution in [0, 0.1) is 12.8 Å². The molecule has 2 aromatic rings. The van der Waals surface area contributed by atoms with Gasteiger partial charge in [-0.3, -0.25) is 9.69 Å². The second kappa shape index (κ2) is 7.33. The molecule has 0 aromatic carbocycles. The molecule has 3 heterocycles. The average Bonchev–Trinajstić information content (AvgIpc) is 3.12. The van der Waals surface area contributed by atoms with E-state index in [-0.39, 0.29) is 11.9 Å². The minimum atomic E-state index is 0.130. The summed E-state index contributed by atoms with van der Waals surface area (Å²) in [6.45, 7) is 10.7. The molecular weight excluding hydrogens is 338 g/mol. The topological polar surface area (TPSA) is 45.2 Å². The number of carbonyl (C=O) groups is 1. The summed E-state index contributed by atoms with van der Waals surface area (Å²) in [5.74, 6) is 0.591. The summed E-state index contributed by atoms with van der Waals surface area (Å²) < 4.78 is 0. The number of thiophene rings is 1. The van der Waals surface area contributed by atoms with Crippen molar-refractivity contribution < 1.29 is 4.79 Å². The molecule has 4 nitrogen and oxygen atoms in total. The van der Waals surface area contributed by atoms with Crippen molar-refractivity contribution in [3.8, 4) is 10.6 Å². The van der Waals surface area contributed by atoms with Crippen molar-refractivity contribution >= 4 is 28.6 Å². The number of aryl methyl sites for hydroxylation is 1. The number of nitrogens with zero attached hydrogens (tertiary/aromatic N) is 2. The molecular formula is C18H25N3OS2. The predicted octanol–water partition coefficient (Wildman–Crippen LogP) is 3.70. The van der Waals surface area contributed by atoms with Gasteiger partial charge in [-0.25, -0.2) is 4.98 Å². The van der Waals surface area contributed by atoms with E-state index in [0.717, 1.165) is 30.2 Å². The van der Waals surface area contributed by atoms with E-state index in [1.165, 1.54) is 15.3 Å². The maximum atomic E-state index is 12.2. The largest absolute Gasteiger partial charge is 0.352 e. The zero-order valence-corrected chi connectivity index (χ0v) is 16.4. The Hall–Kier alpha value is -1.24. The Morgan fingerprint density at radius 1 is 1.42 bits per heavy atom. The van der Waals surface area contributed by atoms with Gasteiger partial charge in [0.25, 0.3) is 0 Å². The first-order chi connectivity index (χ1) is 11.4. The minimum absolute atomic E-state index is 0.130. The Morgan fingerprint density at radius 2 is 2.21 bits per heavy atom. The fourth-order valence-corrected chi connectivity index (χ4v) is 4.61. The highest BCUT2D eigenvalue weighted by molar-refractivity contribution is 7.16. The highest BCUT2D eigenvalue weighted by atomic mass is 32.1. The Bertz CT molecular complexity index is 720. The van der Waals surface area contributed by atoms with Crippen molar-refractivity contribution in [1.29, 1.82) is 0 Å². The van der Waals surface area contributed by atoms with Crippen LogP contribution in [0.15, 0.2) is 11.4 Å². The van der Waals surface area contributed by atoms with Gasteiger partial charge >= 0.3 is 0 Å². The Labute approximate surface area is 151 Å². The molecule has 0 radical (unpaired) electrons. The molecule has 0 spiro atoms. The second-order valence-electron chi connectivity index (χ2n) is 6.87. The molecule has 1 amide bonds. The van der Waals surface area contributed by atoms with Gasteiger partial charge in [0.2, 0.25) is 5.91 Å². The first-order valence-corrected chi connectivity index (χ1v) is 10.2. The van der Waals surface area contributed by atoms with Crippen molar-refractivity contribution in [2.24, 2.45) is 5.92 Å². The van der Waals surface area contributed by atoms with Crippen LogP contribution in [-0.2, 0) is 17.8 Å². The number of amides is 1. The van der Waals surface area contributed by atoms with Crippen LogP contribution < -0.4 is 5.32 Å². The van der Waals surface area contributed by atoms with Gasteiger partial charge in [0.15, 0.2) is 0 Å². The van der Waals surface area contributed by atoms with E-state index in [0.29, 0.717) is 12.5 Å². The molecule has 2 aromatic heterocycles.